The Morgan fingerprint density at radius 2 is 0.825 bits per heavy atom. The van der Waals surface area contributed by atoms with Crippen LogP contribution < -0.4 is 0 Å². The number of hydrogen-bond donors (Lipinski definition) is 0. The van der Waals surface area contributed by atoms with Crippen LogP contribution in [0.25, 0.3) is 95.0 Å². The van der Waals surface area contributed by atoms with E-state index in [4.69, 9.17) is 15.0 Å². The molecule has 10 aromatic rings. The van der Waals surface area contributed by atoms with Crippen LogP contribution >= 0.6 is 0 Å². The number of aromatic nitrogens is 5. The highest BCUT2D eigenvalue weighted by Gasteiger charge is 2.22. The molecule has 7 aromatic carbocycles. The standard InChI is InChI=1S/C52H37N5/c1-34-13-9-11-19-42(34)40-22-24-44-45-25-23-41(43-20-12-10-14-35(43)2)33-48(45)57(47(44)32-40)49-31-39(36-27-29-53-30-28-36)21-26-46(49)52-55-50(37-15-5-3-6-16-37)54-51(56-52)38-17-7-4-8-18-38/h3-33H,1-2H3. The molecular weight excluding hydrogens is 695 g/mol. The summed E-state index contributed by atoms with van der Waals surface area (Å²) in [5, 5.41) is 2.34. The van der Waals surface area contributed by atoms with Crippen molar-refractivity contribution < 1.29 is 0 Å². The highest BCUT2D eigenvalue weighted by molar-refractivity contribution is 6.12. The highest BCUT2D eigenvalue weighted by atomic mass is 15.1. The van der Waals surface area contributed by atoms with E-state index < -0.39 is 0 Å². The van der Waals surface area contributed by atoms with Crippen LogP contribution in [0.5, 0.6) is 0 Å². The fourth-order valence-corrected chi connectivity index (χ4v) is 7.97. The normalized spacial score (nSPS) is 11.3. The summed E-state index contributed by atoms with van der Waals surface area (Å²) in [5.74, 6) is 1.84. The molecule has 0 unspecified atom stereocenters. The molecule has 10 rings (SSSR count). The Bertz CT molecular complexity index is 2920. The second kappa shape index (κ2) is 14.3. The van der Waals surface area contributed by atoms with Crippen molar-refractivity contribution in [3.8, 4) is 73.2 Å². The molecule has 0 N–H and O–H groups in total. The third kappa shape index (κ3) is 6.25. The fourth-order valence-electron chi connectivity index (χ4n) is 7.97. The van der Waals surface area contributed by atoms with E-state index in [1.54, 1.807) is 0 Å². The average Bonchev–Trinajstić information content (AvgIpc) is 3.60. The number of benzene rings is 7. The molecule has 0 aliphatic heterocycles. The molecular formula is C52H37N5. The van der Waals surface area contributed by atoms with Crippen molar-refractivity contribution >= 4 is 21.8 Å². The van der Waals surface area contributed by atoms with E-state index in [2.05, 4.69) is 163 Å². The Hall–Kier alpha value is -7.50. The van der Waals surface area contributed by atoms with Crippen molar-refractivity contribution in [1.82, 2.24) is 24.5 Å². The molecule has 5 heteroatoms. The quantitative estimate of drug-likeness (QED) is 0.164. The summed E-state index contributed by atoms with van der Waals surface area (Å²) in [5.41, 5.74) is 15.3. The smallest absolute Gasteiger partial charge is 0.166 e. The van der Waals surface area contributed by atoms with Gasteiger partial charge in [0.15, 0.2) is 17.5 Å². The topological polar surface area (TPSA) is 56.5 Å². The molecule has 0 fully saturated rings. The SMILES string of the molecule is Cc1ccccc1-c1ccc2c3ccc(-c4ccccc4C)cc3n(-c3cc(-c4ccncc4)ccc3-c3nc(-c4ccccc4)nc(-c4ccccc4)n3)c2c1. The first-order valence-electron chi connectivity index (χ1n) is 19.2. The highest BCUT2D eigenvalue weighted by Crippen LogP contribution is 2.41. The molecule has 0 aliphatic rings. The van der Waals surface area contributed by atoms with Crippen molar-refractivity contribution in [3.05, 3.63) is 199 Å². The average molecular weight is 732 g/mol. The summed E-state index contributed by atoms with van der Waals surface area (Å²) in [7, 11) is 0. The minimum absolute atomic E-state index is 0.596. The van der Waals surface area contributed by atoms with E-state index in [-0.39, 0.29) is 0 Å². The Kier molecular flexibility index (Phi) is 8.53. The van der Waals surface area contributed by atoms with E-state index in [9.17, 15) is 0 Å². The predicted molar refractivity (Wildman–Crippen MR) is 234 cm³/mol. The van der Waals surface area contributed by atoms with Gasteiger partial charge in [0.2, 0.25) is 0 Å². The number of nitrogens with zero attached hydrogens (tertiary/aromatic N) is 5. The lowest BCUT2D eigenvalue weighted by atomic mass is 9.98. The van der Waals surface area contributed by atoms with Crippen LogP contribution in [0.1, 0.15) is 11.1 Å². The van der Waals surface area contributed by atoms with E-state index in [1.165, 1.54) is 33.0 Å². The van der Waals surface area contributed by atoms with E-state index in [0.717, 1.165) is 55.7 Å². The van der Waals surface area contributed by atoms with Gasteiger partial charge in [0.25, 0.3) is 0 Å². The summed E-state index contributed by atoms with van der Waals surface area (Å²) >= 11 is 0. The fraction of sp³-hybridized carbons (Fsp3) is 0.0385. The predicted octanol–water partition coefficient (Wildman–Crippen LogP) is 13.0. The minimum Gasteiger partial charge on any atom is -0.308 e. The summed E-state index contributed by atoms with van der Waals surface area (Å²) in [6.07, 6.45) is 3.69. The maximum atomic E-state index is 5.24. The van der Waals surface area contributed by atoms with Crippen molar-refractivity contribution in [2.45, 2.75) is 13.8 Å². The zero-order valence-corrected chi connectivity index (χ0v) is 31.6. The number of hydrogen-bond acceptors (Lipinski definition) is 4. The molecule has 0 bridgehead atoms. The van der Waals surface area contributed by atoms with Gasteiger partial charge in [0.1, 0.15) is 0 Å². The van der Waals surface area contributed by atoms with Gasteiger partial charge in [-0.1, -0.05) is 140 Å². The Balaban J connectivity index is 1.32. The third-order valence-corrected chi connectivity index (χ3v) is 10.9. The molecule has 3 aromatic heterocycles. The second-order valence-electron chi connectivity index (χ2n) is 14.4. The van der Waals surface area contributed by atoms with E-state index in [0.29, 0.717) is 17.5 Å². The Labute approximate surface area is 331 Å². The zero-order chi connectivity index (χ0) is 38.3. The van der Waals surface area contributed by atoms with Gasteiger partial charge in [-0.05, 0) is 94.8 Å². The van der Waals surface area contributed by atoms with Gasteiger partial charge in [0.05, 0.1) is 16.7 Å². The van der Waals surface area contributed by atoms with Crippen molar-refractivity contribution in [3.63, 3.8) is 0 Å². The molecule has 0 saturated carbocycles. The maximum Gasteiger partial charge on any atom is 0.166 e. The molecule has 270 valence electrons. The van der Waals surface area contributed by atoms with Gasteiger partial charge in [-0.15, -0.1) is 0 Å². The number of fused-ring (bicyclic) bond motifs is 3. The Morgan fingerprint density at radius 1 is 0.351 bits per heavy atom. The molecule has 0 spiro atoms. The molecule has 0 saturated heterocycles. The number of pyridine rings is 1. The monoisotopic (exact) mass is 731 g/mol. The molecule has 5 nitrogen and oxygen atoms in total. The second-order valence-corrected chi connectivity index (χ2v) is 14.4. The van der Waals surface area contributed by atoms with Crippen LogP contribution in [0.3, 0.4) is 0 Å². The van der Waals surface area contributed by atoms with Gasteiger partial charge in [-0.2, -0.15) is 0 Å². The first kappa shape index (κ1) is 34.0. The lowest BCUT2D eigenvalue weighted by Gasteiger charge is -2.17. The molecule has 0 aliphatic carbocycles. The summed E-state index contributed by atoms with van der Waals surface area (Å²) in [6.45, 7) is 4.35. The zero-order valence-electron chi connectivity index (χ0n) is 31.6. The molecule has 57 heavy (non-hydrogen) atoms. The van der Waals surface area contributed by atoms with E-state index >= 15 is 0 Å². The van der Waals surface area contributed by atoms with Crippen LogP contribution in [0.2, 0.25) is 0 Å². The van der Waals surface area contributed by atoms with Gasteiger partial charge in [-0.25, -0.2) is 15.0 Å². The number of aryl methyl sites for hydroxylation is 2. The number of rotatable bonds is 7. The van der Waals surface area contributed by atoms with Crippen molar-refractivity contribution in [1.29, 1.82) is 0 Å². The van der Waals surface area contributed by atoms with Crippen molar-refractivity contribution in [2.75, 3.05) is 0 Å². The minimum atomic E-state index is 0.596. The summed E-state index contributed by atoms with van der Waals surface area (Å²) in [6, 6.07) is 61.9. The van der Waals surface area contributed by atoms with Crippen molar-refractivity contribution in [2.24, 2.45) is 0 Å². The van der Waals surface area contributed by atoms with Gasteiger partial charge in [0, 0.05) is 39.9 Å². The lowest BCUT2D eigenvalue weighted by molar-refractivity contribution is 1.06. The Morgan fingerprint density at radius 3 is 1.35 bits per heavy atom. The van der Waals surface area contributed by atoms with Crippen LogP contribution in [-0.2, 0) is 0 Å². The first-order valence-corrected chi connectivity index (χ1v) is 19.2. The maximum absolute atomic E-state index is 5.24. The van der Waals surface area contributed by atoms with Gasteiger partial charge >= 0.3 is 0 Å². The van der Waals surface area contributed by atoms with Gasteiger partial charge in [-0.3, -0.25) is 4.98 Å². The van der Waals surface area contributed by atoms with E-state index in [1.807, 2.05) is 48.8 Å². The van der Waals surface area contributed by atoms with Crippen LogP contribution in [0.4, 0.5) is 0 Å². The summed E-state index contributed by atoms with van der Waals surface area (Å²) in [4.78, 5) is 19.8. The molecule has 0 amide bonds. The molecule has 0 atom stereocenters. The lowest BCUT2D eigenvalue weighted by Crippen LogP contribution is -2.04. The van der Waals surface area contributed by atoms with Gasteiger partial charge < -0.3 is 4.57 Å². The first-order chi connectivity index (χ1) is 28.1. The van der Waals surface area contributed by atoms with Crippen LogP contribution in [-0.4, -0.2) is 24.5 Å². The largest absolute Gasteiger partial charge is 0.308 e. The van der Waals surface area contributed by atoms with Crippen LogP contribution in [0.15, 0.2) is 188 Å². The summed E-state index contributed by atoms with van der Waals surface area (Å²) < 4.78 is 2.42. The molecule has 0 radical (unpaired) electrons. The molecule has 3 heterocycles. The third-order valence-electron chi connectivity index (χ3n) is 10.9. The van der Waals surface area contributed by atoms with Crippen LogP contribution in [0, 0.1) is 13.8 Å².